The Morgan fingerprint density at radius 3 is 2.59 bits per heavy atom. The van der Waals surface area contributed by atoms with Crippen LogP contribution in [0.15, 0.2) is 30.3 Å². The third-order valence-electron chi connectivity index (χ3n) is 6.86. The van der Waals surface area contributed by atoms with E-state index in [1.807, 2.05) is 0 Å². The smallest absolute Gasteiger partial charge is 0.138 e. The summed E-state index contributed by atoms with van der Waals surface area (Å²) in [4.78, 5) is 12.6. The van der Waals surface area contributed by atoms with Crippen LogP contribution in [0.5, 0.6) is 0 Å². The van der Waals surface area contributed by atoms with Crippen LogP contribution in [-0.2, 0) is 15.9 Å². The summed E-state index contributed by atoms with van der Waals surface area (Å²) in [5, 5.41) is 0. The van der Waals surface area contributed by atoms with Crippen molar-refractivity contribution < 1.29 is 9.47 Å². The minimum absolute atomic E-state index is 0.390. The van der Waals surface area contributed by atoms with E-state index >= 15 is 0 Å². The van der Waals surface area contributed by atoms with Gasteiger partial charge >= 0.3 is 0 Å². The van der Waals surface area contributed by atoms with Crippen LogP contribution in [-0.4, -0.2) is 50.0 Å². The summed E-state index contributed by atoms with van der Waals surface area (Å²) >= 11 is 0. The summed E-state index contributed by atoms with van der Waals surface area (Å²) in [7, 11) is 1.80. The molecule has 5 nitrogen and oxygen atoms in total. The van der Waals surface area contributed by atoms with Crippen molar-refractivity contribution in [3.8, 4) is 11.3 Å². The molecule has 0 N–H and O–H groups in total. The number of methoxy groups -OCH3 is 1. The van der Waals surface area contributed by atoms with Gasteiger partial charge in [0, 0.05) is 38.1 Å². The number of fused-ring (bicyclic) bond motifs is 1. The molecular weight excluding hydrogens is 398 g/mol. The molecule has 1 unspecified atom stereocenters. The molecule has 2 aromatic rings. The van der Waals surface area contributed by atoms with Gasteiger partial charge in [-0.1, -0.05) is 39.3 Å². The van der Waals surface area contributed by atoms with E-state index in [0.717, 1.165) is 74.2 Å². The lowest BCUT2D eigenvalue weighted by Gasteiger charge is -2.31. The second kappa shape index (κ2) is 10.1. The van der Waals surface area contributed by atoms with Gasteiger partial charge in [-0.15, -0.1) is 0 Å². The van der Waals surface area contributed by atoms with Crippen molar-refractivity contribution in [3.63, 3.8) is 0 Å². The van der Waals surface area contributed by atoms with Crippen LogP contribution >= 0.6 is 0 Å². The van der Waals surface area contributed by atoms with E-state index in [9.17, 15) is 0 Å². The molecular formula is C27H37N3O2. The highest BCUT2D eigenvalue weighted by atomic mass is 16.5. The van der Waals surface area contributed by atoms with Gasteiger partial charge in [-0.05, 0) is 60.4 Å². The second-order valence-corrected chi connectivity index (χ2v) is 9.41. The number of hydrogen-bond donors (Lipinski definition) is 0. The zero-order valence-corrected chi connectivity index (χ0v) is 20.2. The van der Waals surface area contributed by atoms with E-state index in [2.05, 4.69) is 62.9 Å². The van der Waals surface area contributed by atoms with E-state index < -0.39 is 0 Å². The van der Waals surface area contributed by atoms with E-state index in [0.29, 0.717) is 17.8 Å². The van der Waals surface area contributed by atoms with Crippen molar-refractivity contribution in [2.24, 2.45) is 11.8 Å². The summed E-state index contributed by atoms with van der Waals surface area (Å²) in [6.07, 6.45) is 4.57. The van der Waals surface area contributed by atoms with E-state index in [1.165, 1.54) is 11.1 Å². The number of hydrogen-bond acceptors (Lipinski definition) is 5. The van der Waals surface area contributed by atoms with Crippen molar-refractivity contribution >= 4 is 11.4 Å². The lowest BCUT2D eigenvalue weighted by Crippen LogP contribution is -2.37. The maximum absolute atomic E-state index is 5.59. The summed E-state index contributed by atoms with van der Waals surface area (Å²) in [5.74, 6) is 2.48. The van der Waals surface area contributed by atoms with Crippen LogP contribution < -0.4 is 4.90 Å². The minimum Gasteiger partial charge on any atom is -0.384 e. The van der Waals surface area contributed by atoms with Crippen molar-refractivity contribution in [1.29, 1.82) is 0 Å². The number of anilines is 1. The van der Waals surface area contributed by atoms with Crippen LogP contribution in [0, 0.1) is 11.8 Å². The normalized spacial score (nSPS) is 19.6. The third kappa shape index (κ3) is 4.74. The van der Waals surface area contributed by atoms with Gasteiger partial charge in [0.05, 0.1) is 24.6 Å². The van der Waals surface area contributed by atoms with Crippen molar-refractivity contribution in [2.75, 3.05) is 44.9 Å². The number of aromatic nitrogens is 2. The Bertz CT molecular complexity index is 963. The maximum atomic E-state index is 5.59. The van der Waals surface area contributed by atoms with Crippen LogP contribution in [0.3, 0.4) is 0 Å². The van der Waals surface area contributed by atoms with Gasteiger partial charge in [-0.25, -0.2) is 9.97 Å². The molecule has 1 aliphatic heterocycles. The Labute approximate surface area is 192 Å². The molecule has 2 aromatic heterocycles. The Kier molecular flexibility index (Phi) is 7.27. The number of morpholine rings is 1. The van der Waals surface area contributed by atoms with Gasteiger partial charge in [0.1, 0.15) is 5.82 Å². The highest BCUT2D eigenvalue weighted by molar-refractivity contribution is 5.76. The maximum Gasteiger partial charge on any atom is 0.138 e. The largest absolute Gasteiger partial charge is 0.384 e. The highest BCUT2D eigenvalue weighted by Gasteiger charge is 2.26. The fourth-order valence-electron chi connectivity index (χ4n) is 4.92. The quantitative estimate of drug-likeness (QED) is 0.587. The first-order chi connectivity index (χ1) is 15.5. The summed E-state index contributed by atoms with van der Waals surface area (Å²) in [6.45, 7) is 12.9. The van der Waals surface area contributed by atoms with Crippen LogP contribution in [0.1, 0.15) is 57.0 Å². The molecule has 1 saturated heterocycles. The average Bonchev–Trinajstić information content (AvgIpc) is 2.82. The molecule has 1 aliphatic carbocycles. The first-order valence-electron chi connectivity index (χ1n) is 12.0. The van der Waals surface area contributed by atoms with Gasteiger partial charge in [0.2, 0.25) is 0 Å². The molecule has 0 spiro atoms. The zero-order chi connectivity index (χ0) is 22.7. The predicted octanol–water partition coefficient (Wildman–Crippen LogP) is 5.35. The van der Waals surface area contributed by atoms with E-state index in [1.54, 1.807) is 7.11 Å². The van der Waals surface area contributed by atoms with Crippen LogP contribution in [0.4, 0.5) is 5.82 Å². The van der Waals surface area contributed by atoms with Crippen LogP contribution in [0.25, 0.3) is 16.8 Å². The number of allylic oxidation sites excluding steroid dienone is 2. The van der Waals surface area contributed by atoms with Crippen molar-refractivity contribution in [2.45, 2.75) is 46.5 Å². The lowest BCUT2D eigenvalue weighted by molar-refractivity contribution is 0.122. The highest BCUT2D eigenvalue weighted by Crippen LogP contribution is 2.36. The second-order valence-electron chi connectivity index (χ2n) is 9.41. The molecule has 3 heterocycles. The molecule has 2 atom stereocenters. The fourth-order valence-corrected chi connectivity index (χ4v) is 4.92. The van der Waals surface area contributed by atoms with Gasteiger partial charge in [0.25, 0.3) is 0 Å². The monoisotopic (exact) mass is 435 g/mol. The van der Waals surface area contributed by atoms with Gasteiger partial charge < -0.3 is 14.4 Å². The summed E-state index contributed by atoms with van der Waals surface area (Å²) in [6, 6.07) is 8.82. The molecule has 1 fully saturated rings. The molecule has 2 aliphatic rings. The molecule has 0 bridgehead atoms. The molecule has 4 rings (SSSR count). The molecule has 0 aromatic carbocycles. The molecule has 172 valence electrons. The number of nitrogens with zero attached hydrogens (tertiary/aromatic N) is 3. The van der Waals surface area contributed by atoms with E-state index in [-0.39, 0.29) is 0 Å². The number of ether oxygens (including phenoxy) is 2. The Morgan fingerprint density at radius 2 is 1.91 bits per heavy atom. The number of pyridine rings is 2. The molecule has 0 amide bonds. The summed E-state index contributed by atoms with van der Waals surface area (Å²) in [5.41, 5.74) is 6.98. The van der Waals surface area contributed by atoms with Gasteiger partial charge in [-0.3, -0.25) is 0 Å². The standard InChI is InChI=1S/C27H37N3O2/c1-6-20(17-31-5)22-15-19(4)26-21(16-22)7-9-25(28-26)23-8-10-24(18(2)3)29-27(23)30-11-13-32-14-12-30/h7-10,15,18,20,22H,6,11-14,16-17H2,1-5H3/t20-,22?/m1/s1. The Balaban J connectivity index is 1.70. The van der Waals surface area contributed by atoms with Gasteiger partial charge in [-0.2, -0.15) is 0 Å². The minimum atomic E-state index is 0.390. The lowest BCUT2D eigenvalue weighted by atomic mass is 9.79. The molecule has 0 radical (unpaired) electrons. The average molecular weight is 436 g/mol. The topological polar surface area (TPSA) is 47.5 Å². The van der Waals surface area contributed by atoms with Crippen molar-refractivity contribution in [3.05, 3.63) is 47.3 Å². The van der Waals surface area contributed by atoms with Crippen molar-refractivity contribution in [1.82, 2.24) is 9.97 Å². The molecule has 0 saturated carbocycles. The predicted molar refractivity (Wildman–Crippen MR) is 131 cm³/mol. The zero-order valence-electron chi connectivity index (χ0n) is 20.2. The van der Waals surface area contributed by atoms with E-state index in [4.69, 9.17) is 19.4 Å². The fraction of sp³-hybridized carbons (Fsp3) is 0.556. The Morgan fingerprint density at radius 1 is 1.12 bits per heavy atom. The first kappa shape index (κ1) is 22.9. The molecule has 32 heavy (non-hydrogen) atoms. The van der Waals surface area contributed by atoms with Gasteiger partial charge in [0.15, 0.2) is 0 Å². The SMILES string of the molecule is CC[C@H](COC)C1C=C(C)c2nc(-c3ccc(C(C)C)nc3N3CCOCC3)ccc2C1. The number of rotatable bonds is 7. The van der Waals surface area contributed by atoms with Crippen LogP contribution in [0.2, 0.25) is 0 Å². The molecule has 5 heteroatoms. The third-order valence-corrected chi connectivity index (χ3v) is 6.86. The first-order valence-corrected chi connectivity index (χ1v) is 12.0. The Hall–Kier alpha value is -2.24. The summed E-state index contributed by atoms with van der Waals surface area (Å²) < 4.78 is 11.1.